The Morgan fingerprint density at radius 2 is 1.95 bits per heavy atom. The first kappa shape index (κ1) is 28.2. The van der Waals surface area contributed by atoms with Gasteiger partial charge in [-0.15, -0.1) is 11.3 Å². The lowest BCUT2D eigenvalue weighted by atomic mass is 9.73. The van der Waals surface area contributed by atoms with Crippen LogP contribution >= 0.6 is 27.3 Å². The third kappa shape index (κ3) is 6.41. The Hall–Kier alpha value is -2.83. The quantitative estimate of drug-likeness (QED) is 0.416. The van der Waals surface area contributed by atoms with E-state index in [9.17, 15) is 4.79 Å². The summed E-state index contributed by atoms with van der Waals surface area (Å²) in [5.41, 5.74) is 0.695. The third-order valence-electron chi connectivity index (χ3n) is 7.17. The van der Waals surface area contributed by atoms with Gasteiger partial charge in [0.05, 0.1) is 23.1 Å². The zero-order chi connectivity index (χ0) is 27.1. The molecule has 1 unspecified atom stereocenters. The van der Waals surface area contributed by atoms with E-state index >= 15 is 0 Å². The average Bonchev–Trinajstić information content (AvgIpc) is 3.61. The molecule has 3 aromatic heterocycles. The molecule has 2 saturated heterocycles. The topological polar surface area (TPSA) is 125 Å². The number of ether oxygens (including phenoxy) is 1. The van der Waals surface area contributed by atoms with E-state index in [1.807, 2.05) is 30.5 Å². The summed E-state index contributed by atoms with van der Waals surface area (Å²) < 4.78 is 6.87. The molecular weight excluding hydrogens is 572 g/mol. The molecule has 10 nitrogen and oxygen atoms in total. The van der Waals surface area contributed by atoms with Gasteiger partial charge < -0.3 is 24.6 Å². The van der Waals surface area contributed by atoms with Crippen LogP contribution in [-0.4, -0.2) is 69.4 Å². The number of morpholine rings is 1. The summed E-state index contributed by atoms with van der Waals surface area (Å²) >= 11 is 5.08. The Bertz CT molecular complexity index is 1260. The second-order valence-corrected chi connectivity index (χ2v) is 11.3. The lowest BCUT2D eigenvalue weighted by molar-refractivity contribution is -0.129. The monoisotopic (exact) mass is 604 g/mol. The van der Waals surface area contributed by atoms with Crippen molar-refractivity contribution in [3.05, 3.63) is 50.4 Å². The maximum absolute atomic E-state index is 12.0. The average molecular weight is 606 g/mol. The summed E-state index contributed by atoms with van der Waals surface area (Å²) in [5.74, 6) is 2.43. The number of nitrogens with zero attached hydrogens (tertiary/aromatic N) is 5. The number of carboxylic acid groups (broad SMARTS) is 1. The minimum absolute atomic E-state index is 0.0208. The van der Waals surface area contributed by atoms with Crippen LogP contribution in [0.3, 0.4) is 0 Å². The fourth-order valence-electron chi connectivity index (χ4n) is 5.06. The van der Waals surface area contributed by atoms with Gasteiger partial charge in [0.2, 0.25) is 5.95 Å². The molecule has 2 aliphatic heterocycles. The second kappa shape index (κ2) is 12.8. The van der Waals surface area contributed by atoms with E-state index in [1.165, 1.54) is 19.3 Å². The van der Waals surface area contributed by atoms with E-state index in [-0.39, 0.29) is 23.7 Å². The van der Waals surface area contributed by atoms with Gasteiger partial charge in [-0.3, -0.25) is 9.59 Å². The van der Waals surface area contributed by atoms with Gasteiger partial charge in [-0.2, -0.15) is 9.97 Å². The molecule has 5 heterocycles. The van der Waals surface area contributed by atoms with Crippen LogP contribution in [-0.2, 0) is 9.53 Å². The van der Waals surface area contributed by atoms with E-state index in [0.29, 0.717) is 6.61 Å². The van der Waals surface area contributed by atoms with Crippen LogP contribution in [0.2, 0.25) is 0 Å². The van der Waals surface area contributed by atoms with Crippen LogP contribution in [0.4, 0.5) is 11.6 Å². The van der Waals surface area contributed by atoms with Crippen molar-refractivity contribution in [3.8, 4) is 10.7 Å². The molecule has 1 saturated carbocycles. The Morgan fingerprint density at radius 1 is 1.21 bits per heavy atom. The van der Waals surface area contributed by atoms with Crippen LogP contribution < -0.4 is 15.4 Å². The normalized spacial score (nSPS) is 19.6. The summed E-state index contributed by atoms with van der Waals surface area (Å²) in [6.07, 6.45) is 7.59. The SMILES string of the molecule is CC1N(c2cc(Br)c[nH]c2=O)CCOC12CCC2.Cc1nc(-c2cccs2)nc(N2CCCC2)n1.O=CO. The van der Waals surface area contributed by atoms with Gasteiger partial charge in [0.1, 0.15) is 11.5 Å². The van der Waals surface area contributed by atoms with E-state index in [2.05, 4.69) is 52.6 Å². The van der Waals surface area contributed by atoms with Gasteiger partial charge in [-0.05, 0) is 79.4 Å². The van der Waals surface area contributed by atoms with Crippen molar-refractivity contribution < 1.29 is 14.6 Å². The molecule has 2 N–H and O–H groups in total. The number of halogens is 1. The highest BCUT2D eigenvalue weighted by Gasteiger charge is 2.48. The summed E-state index contributed by atoms with van der Waals surface area (Å²) in [7, 11) is 0. The van der Waals surface area contributed by atoms with E-state index in [0.717, 1.165) is 65.1 Å². The minimum Gasteiger partial charge on any atom is -0.483 e. The smallest absolute Gasteiger partial charge is 0.290 e. The Labute approximate surface area is 234 Å². The zero-order valence-corrected chi connectivity index (χ0v) is 24.0. The van der Waals surface area contributed by atoms with Crippen molar-refractivity contribution in [2.45, 2.75) is 57.6 Å². The molecule has 6 rings (SSSR count). The molecule has 0 bridgehead atoms. The van der Waals surface area contributed by atoms with Gasteiger partial charge in [-0.1, -0.05) is 6.07 Å². The number of hydrogen-bond donors (Lipinski definition) is 2. The fourth-order valence-corrected chi connectivity index (χ4v) is 6.05. The van der Waals surface area contributed by atoms with Crippen molar-refractivity contribution in [2.24, 2.45) is 0 Å². The molecule has 12 heteroatoms. The van der Waals surface area contributed by atoms with Crippen LogP contribution in [0.25, 0.3) is 10.7 Å². The number of aryl methyl sites for hydroxylation is 1. The van der Waals surface area contributed by atoms with Crippen LogP contribution in [0.5, 0.6) is 0 Å². The number of H-pyrrole nitrogens is 1. The highest BCUT2D eigenvalue weighted by molar-refractivity contribution is 9.10. The van der Waals surface area contributed by atoms with Crippen LogP contribution in [0, 0.1) is 6.92 Å². The van der Waals surface area contributed by atoms with Gasteiger partial charge in [-0.25, -0.2) is 4.98 Å². The maximum Gasteiger partial charge on any atom is 0.290 e. The first-order valence-electron chi connectivity index (χ1n) is 12.7. The lowest BCUT2D eigenvalue weighted by Crippen LogP contribution is -2.62. The molecule has 0 aromatic carbocycles. The molecule has 1 atom stereocenters. The number of rotatable bonds is 3. The maximum atomic E-state index is 12.0. The molecule has 204 valence electrons. The van der Waals surface area contributed by atoms with Crippen molar-refractivity contribution in [1.82, 2.24) is 19.9 Å². The molecular formula is C26H33BrN6O4S. The number of nitrogens with one attached hydrogen (secondary N) is 1. The van der Waals surface area contributed by atoms with Crippen molar-refractivity contribution in [1.29, 1.82) is 0 Å². The molecule has 3 aliphatic rings. The molecule has 3 fully saturated rings. The van der Waals surface area contributed by atoms with E-state index in [4.69, 9.17) is 14.6 Å². The number of pyridine rings is 1. The largest absolute Gasteiger partial charge is 0.483 e. The summed E-state index contributed by atoms with van der Waals surface area (Å²) in [6.45, 7) is 7.45. The number of aromatic amines is 1. The highest BCUT2D eigenvalue weighted by atomic mass is 79.9. The summed E-state index contributed by atoms with van der Waals surface area (Å²) in [4.78, 5) is 42.1. The first-order chi connectivity index (χ1) is 18.4. The lowest BCUT2D eigenvalue weighted by Gasteiger charge is -2.53. The second-order valence-electron chi connectivity index (χ2n) is 9.45. The van der Waals surface area contributed by atoms with Crippen LogP contribution in [0.1, 0.15) is 44.9 Å². The number of carbonyl (C=O) groups is 1. The Kier molecular flexibility index (Phi) is 9.50. The Morgan fingerprint density at radius 3 is 2.58 bits per heavy atom. The zero-order valence-electron chi connectivity index (χ0n) is 21.6. The third-order valence-corrected chi connectivity index (χ3v) is 8.50. The first-order valence-corrected chi connectivity index (χ1v) is 14.4. The number of anilines is 2. The van der Waals surface area contributed by atoms with Gasteiger partial charge in [0, 0.05) is 30.3 Å². The molecule has 0 amide bonds. The minimum atomic E-state index is -0.250. The van der Waals surface area contributed by atoms with Crippen molar-refractivity contribution >= 4 is 45.4 Å². The van der Waals surface area contributed by atoms with Crippen molar-refractivity contribution in [2.75, 3.05) is 36.0 Å². The predicted molar refractivity (Wildman–Crippen MR) is 152 cm³/mol. The van der Waals surface area contributed by atoms with Gasteiger partial charge in [0.15, 0.2) is 5.82 Å². The highest BCUT2D eigenvalue weighted by Crippen LogP contribution is 2.43. The Balaban J connectivity index is 0.000000161. The van der Waals surface area contributed by atoms with Crippen LogP contribution in [0.15, 0.2) is 39.0 Å². The van der Waals surface area contributed by atoms with Gasteiger partial charge >= 0.3 is 0 Å². The summed E-state index contributed by atoms with van der Waals surface area (Å²) in [6, 6.07) is 6.23. The standard InChI is InChI=1S/C13H17BrN2O2.C12H14N4S.CH2O2/c1-9-13(3-2-4-13)18-6-5-16(9)11-7-10(14)8-15-12(11)17;1-9-13-11(10-5-4-8-17-10)15-12(14-9)16-6-2-3-7-16;2-1-3/h7-9H,2-6H2,1H3,(H,15,17);4-5,8H,2-3,6-7H2,1H3;1H,(H,2,3). The molecule has 1 spiro atoms. The van der Waals surface area contributed by atoms with E-state index in [1.54, 1.807) is 17.5 Å². The predicted octanol–water partition coefficient (Wildman–Crippen LogP) is 4.49. The molecule has 3 aromatic rings. The molecule has 0 radical (unpaired) electrons. The number of hydrogen-bond acceptors (Lipinski definition) is 9. The number of aromatic nitrogens is 4. The number of thiophene rings is 1. The molecule has 38 heavy (non-hydrogen) atoms. The van der Waals surface area contributed by atoms with E-state index < -0.39 is 0 Å². The summed E-state index contributed by atoms with van der Waals surface area (Å²) in [5, 5.41) is 8.93. The molecule has 1 aliphatic carbocycles. The van der Waals surface area contributed by atoms with Gasteiger partial charge in [0.25, 0.3) is 12.0 Å². The van der Waals surface area contributed by atoms with Crippen molar-refractivity contribution in [3.63, 3.8) is 0 Å². The fraction of sp³-hybridized carbons (Fsp3) is 0.500.